The Balaban J connectivity index is 1.52. The first kappa shape index (κ1) is 35.1. The SMILES string of the molecule is CN[C@@H]1C[C@H](N)[C@@H](O[C@H]2O[C@H](CO)[C@@H](O)[C@H](O)[C@H]2N)[C@H](O[C@@H]2O[C@H](CO)[C@@H](O[C@H]3O[C@@H](CN)[C@@H](O)[C@H](O)[C@H]3N)[C@H]2O)[C@H]1O. The lowest BCUT2D eigenvalue weighted by molar-refractivity contribution is -0.311. The quantitative estimate of drug-likeness (QED) is 0.107. The van der Waals surface area contributed by atoms with E-state index in [4.69, 9.17) is 51.4 Å². The van der Waals surface area contributed by atoms with E-state index in [1.807, 2.05) is 0 Å². The van der Waals surface area contributed by atoms with Crippen LogP contribution in [0.15, 0.2) is 0 Å². The molecule has 4 rings (SSSR count). The summed E-state index contributed by atoms with van der Waals surface area (Å²) >= 11 is 0. The van der Waals surface area contributed by atoms with Crippen LogP contribution in [0, 0.1) is 0 Å². The van der Waals surface area contributed by atoms with Gasteiger partial charge in [-0.3, -0.25) is 0 Å². The highest BCUT2D eigenvalue weighted by Gasteiger charge is 2.54. The molecular formula is C24H47N5O14. The number of rotatable bonds is 10. The van der Waals surface area contributed by atoms with Crippen molar-refractivity contribution in [3.8, 4) is 0 Å². The molecule has 0 bridgehead atoms. The van der Waals surface area contributed by atoms with Gasteiger partial charge in [-0.1, -0.05) is 0 Å². The van der Waals surface area contributed by atoms with Crippen molar-refractivity contribution in [3.63, 3.8) is 0 Å². The molecule has 0 radical (unpaired) electrons. The van der Waals surface area contributed by atoms with Crippen LogP contribution < -0.4 is 28.3 Å². The van der Waals surface area contributed by atoms with E-state index in [2.05, 4.69) is 5.32 Å². The van der Waals surface area contributed by atoms with Gasteiger partial charge in [0.05, 0.1) is 31.4 Å². The number of nitrogens with two attached hydrogens (primary N) is 4. The minimum Gasteiger partial charge on any atom is -0.394 e. The number of aliphatic hydroxyl groups is 8. The molecule has 19 nitrogen and oxygen atoms in total. The molecule has 0 aromatic carbocycles. The standard InChI is InChI=1S/C24H47N5O14/c1-29-7-2-6(26)19(41-23-12(28)17(36)15(34)9(4-30)39-23)21(13(7)32)43-24-18(37)20(10(5-31)40-24)42-22-11(27)16(35)14(33)8(3-25)38-22/h6-24,29-37H,2-5,25-28H2,1H3/t6-,7+,8-,9+,10+,11+,12+,13-,14+,15+,16+,17+,18+,19+,20+,21+,22+,23+,24-/m0/s1. The Bertz CT molecular complexity index is 882. The van der Waals surface area contributed by atoms with Gasteiger partial charge in [-0.2, -0.15) is 0 Å². The van der Waals surface area contributed by atoms with E-state index < -0.39 is 129 Å². The van der Waals surface area contributed by atoms with E-state index in [0.29, 0.717) is 0 Å². The molecule has 19 atom stereocenters. The molecule has 0 amide bonds. The van der Waals surface area contributed by atoms with Gasteiger partial charge in [-0.25, -0.2) is 0 Å². The van der Waals surface area contributed by atoms with Crippen molar-refractivity contribution in [3.05, 3.63) is 0 Å². The number of nitrogens with one attached hydrogen (secondary N) is 1. The molecule has 4 fully saturated rings. The van der Waals surface area contributed by atoms with Crippen LogP contribution in [0.3, 0.4) is 0 Å². The third-order valence-electron chi connectivity index (χ3n) is 8.65. The molecule has 1 aliphatic carbocycles. The first-order valence-electron chi connectivity index (χ1n) is 14.2. The maximum Gasteiger partial charge on any atom is 0.187 e. The monoisotopic (exact) mass is 629 g/mol. The molecule has 0 aromatic heterocycles. The highest BCUT2D eigenvalue weighted by molar-refractivity contribution is 5.02. The van der Waals surface area contributed by atoms with Crippen molar-refractivity contribution in [2.75, 3.05) is 26.8 Å². The third kappa shape index (κ3) is 7.00. The zero-order valence-corrected chi connectivity index (χ0v) is 23.6. The maximum atomic E-state index is 11.2. The molecule has 3 aliphatic heterocycles. The first-order chi connectivity index (χ1) is 20.4. The van der Waals surface area contributed by atoms with Crippen LogP contribution in [0.25, 0.3) is 0 Å². The fraction of sp³-hybridized carbons (Fsp3) is 1.00. The Morgan fingerprint density at radius 2 is 1.12 bits per heavy atom. The highest BCUT2D eigenvalue weighted by atomic mass is 16.8. The molecule has 0 spiro atoms. The van der Waals surface area contributed by atoms with Crippen LogP contribution in [-0.4, -0.2) is 184 Å². The van der Waals surface area contributed by atoms with Crippen LogP contribution in [0.4, 0.5) is 0 Å². The lowest BCUT2D eigenvalue weighted by atomic mass is 9.83. The van der Waals surface area contributed by atoms with Crippen LogP contribution in [0.2, 0.25) is 0 Å². The predicted octanol–water partition coefficient (Wildman–Crippen LogP) is -8.60. The molecular weight excluding hydrogens is 582 g/mol. The normalized spacial score (nSPS) is 52.8. The van der Waals surface area contributed by atoms with Gasteiger partial charge in [0.25, 0.3) is 0 Å². The minimum absolute atomic E-state index is 0.166. The van der Waals surface area contributed by atoms with Gasteiger partial charge < -0.3 is 97.5 Å². The molecule has 17 N–H and O–H groups in total. The molecule has 3 saturated heterocycles. The second-order valence-electron chi connectivity index (χ2n) is 11.4. The summed E-state index contributed by atoms with van der Waals surface area (Å²) in [6, 6.07) is -3.91. The van der Waals surface area contributed by atoms with Crippen molar-refractivity contribution >= 4 is 0 Å². The van der Waals surface area contributed by atoms with E-state index in [1.54, 1.807) is 7.05 Å². The molecule has 252 valence electrons. The van der Waals surface area contributed by atoms with Crippen LogP contribution in [0.5, 0.6) is 0 Å². The first-order valence-corrected chi connectivity index (χ1v) is 14.2. The number of hydrogen-bond acceptors (Lipinski definition) is 19. The Labute approximate surface area is 247 Å². The van der Waals surface area contributed by atoms with Gasteiger partial charge in [0.15, 0.2) is 18.9 Å². The maximum absolute atomic E-state index is 11.2. The Morgan fingerprint density at radius 3 is 1.65 bits per heavy atom. The molecule has 3 heterocycles. The van der Waals surface area contributed by atoms with E-state index in [-0.39, 0.29) is 13.0 Å². The van der Waals surface area contributed by atoms with Crippen molar-refractivity contribution < 1.29 is 69.3 Å². The zero-order chi connectivity index (χ0) is 31.7. The topological polar surface area (TPSA) is 333 Å². The average molecular weight is 630 g/mol. The van der Waals surface area contributed by atoms with E-state index in [9.17, 15) is 40.9 Å². The molecule has 43 heavy (non-hydrogen) atoms. The van der Waals surface area contributed by atoms with Gasteiger partial charge in [-0.05, 0) is 13.5 Å². The smallest absolute Gasteiger partial charge is 0.187 e. The Morgan fingerprint density at radius 1 is 0.628 bits per heavy atom. The van der Waals surface area contributed by atoms with E-state index in [1.165, 1.54) is 0 Å². The minimum atomic E-state index is -1.60. The van der Waals surface area contributed by atoms with E-state index >= 15 is 0 Å². The summed E-state index contributed by atoms with van der Waals surface area (Å²) in [6.07, 6.45) is -20.0. The van der Waals surface area contributed by atoms with Gasteiger partial charge >= 0.3 is 0 Å². The largest absolute Gasteiger partial charge is 0.394 e. The van der Waals surface area contributed by atoms with Gasteiger partial charge in [0, 0.05) is 18.6 Å². The predicted molar refractivity (Wildman–Crippen MR) is 141 cm³/mol. The summed E-state index contributed by atoms with van der Waals surface area (Å²) in [5, 5.41) is 85.8. The molecule has 4 aliphatic rings. The van der Waals surface area contributed by atoms with Gasteiger partial charge in [0.2, 0.25) is 0 Å². The van der Waals surface area contributed by atoms with Crippen molar-refractivity contribution in [1.29, 1.82) is 0 Å². The van der Waals surface area contributed by atoms with Crippen LogP contribution in [-0.2, 0) is 28.4 Å². The molecule has 0 aromatic rings. The van der Waals surface area contributed by atoms with Crippen molar-refractivity contribution in [1.82, 2.24) is 5.32 Å². The number of aliphatic hydroxyl groups excluding tert-OH is 8. The van der Waals surface area contributed by atoms with Crippen molar-refractivity contribution in [2.24, 2.45) is 22.9 Å². The summed E-state index contributed by atoms with van der Waals surface area (Å²) in [6.45, 7) is -1.45. The number of likely N-dealkylation sites (N-methyl/N-ethyl adjacent to an activating group) is 1. The van der Waals surface area contributed by atoms with Gasteiger partial charge in [0.1, 0.15) is 67.1 Å². The average Bonchev–Trinajstić information content (AvgIpc) is 3.29. The van der Waals surface area contributed by atoms with Crippen LogP contribution in [0.1, 0.15) is 6.42 Å². The summed E-state index contributed by atoms with van der Waals surface area (Å²) in [7, 11) is 1.60. The second-order valence-corrected chi connectivity index (χ2v) is 11.4. The molecule has 19 heteroatoms. The fourth-order valence-electron chi connectivity index (χ4n) is 5.95. The summed E-state index contributed by atoms with van der Waals surface area (Å²) in [5.74, 6) is 0. The zero-order valence-electron chi connectivity index (χ0n) is 23.6. The summed E-state index contributed by atoms with van der Waals surface area (Å²) in [5.41, 5.74) is 24.0. The Kier molecular flexibility index (Phi) is 12.1. The lowest BCUT2D eigenvalue weighted by Gasteiger charge is -2.47. The number of ether oxygens (including phenoxy) is 6. The molecule has 0 unspecified atom stereocenters. The number of hydrogen-bond donors (Lipinski definition) is 13. The second kappa shape index (κ2) is 14.8. The van der Waals surface area contributed by atoms with E-state index in [0.717, 1.165) is 0 Å². The molecule has 1 saturated carbocycles. The summed E-state index contributed by atoms with van der Waals surface area (Å²) < 4.78 is 34.7. The van der Waals surface area contributed by atoms with Gasteiger partial charge in [-0.15, -0.1) is 0 Å². The lowest BCUT2D eigenvalue weighted by Crippen LogP contribution is -2.68. The Hall–Kier alpha value is -0.760. The summed E-state index contributed by atoms with van der Waals surface area (Å²) in [4.78, 5) is 0. The van der Waals surface area contributed by atoms with Crippen molar-refractivity contribution in [2.45, 2.75) is 123 Å². The third-order valence-corrected chi connectivity index (χ3v) is 8.65. The van der Waals surface area contributed by atoms with Crippen LogP contribution >= 0.6 is 0 Å². The highest BCUT2D eigenvalue weighted by Crippen LogP contribution is 2.34. The fourth-order valence-corrected chi connectivity index (χ4v) is 5.95.